The smallest absolute Gasteiger partial charge is 0.277 e. The van der Waals surface area contributed by atoms with Gasteiger partial charge in [0.25, 0.3) is 11.1 Å². The van der Waals surface area contributed by atoms with Crippen molar-refractivity contribution in [2.24, 2.45) is 0 Å². The Kier molecular flexibility index (Phi) is 5.75. The van der Waals surface area contributed by atoms with Gasteiger partial charge in [-0.3, -0.25) is 4.79 Å². The molecule has 2 unspecified atom stereocenters. The molecule has 0 aliphatic rings. The molecule has 1 aromatic carbocycles. The third-order valence-electron chi connectivity index (χ3n) is 3.42. The molecule has 8 nitrogen and oxygen atoms in total. The maximum Gasteiger partial charge on any atom is 0.277 e. The number of carbonyl (C=O) groups is 1. The summed E-state index contributed by atoms with van der Waals surface area (Å²) in [4.78, 5) is 12.2. The Morgan fingerprint density at radius 3 is 2.67 bits per heavy atom. The number of halogens is 1. The second kappa shape index (κ2) is 8.21. The fourth-order valence-corrected chi connectivity index (χ4v) is 2.75. The molecule has 2 heterocycles. The van der Waals surface area contributed by atoms with E-state index in [2.05, 4.69) is 20.7 Å². The Hall–Kier alpha value is -2.88. The van der Waals surface area contributed by atoms with Crippen LogP contribution in [0.1, 0.15) is 31.6 Å². The minimum atomic E-state index is -0.528. The van der Waals surface area contributed by atoms with Crippen LogP contribution >= 0.6 is 11.8 Å². The molecule has 0 fully saturated rings. The molecule has 0 saturated carbocycles. The molecule has 2 aromatic heterocycles. The number of aryl methyl sites for hydroxylation is 1. The van der Waals surface area contributed by atoms with Gasteiger partial charge in [-0.05, 0) is 45.0 Å². The molecule has 0 radical (unpaired) electrons. The molecule has 0 aliphatic heterocycles. The van der Waals surface area contributed by atoms with E-state index in [1.807, 2.05) is 0 Å². The van der Waals surface area contributed by atoms with Crippen LogP contribution in [0, 0.1) is 12.7 Å². The van der Waals surface area contributed by atoms with Gasteiger partial charge in [-0.15, -0.1) is 10.2 Å². The molecule has 0 spiro atoms. The predicted molar refractivity (Wildman–Crippen MR) is 94.9 cm³/mol. The fourth-order valence-electron chi connectivity index (χ4n) is 2.06. The van der Waals surface area contributed by atoms with Crippen LogP contribution in [0.25, 0.3) is 0 Å². The summed E-state index contributed by atoms with van der Waals surface area (Å²) in [5.74, 6) is 1.05. The van der Waals surface area contributed by atoms with Crippen molar-refractivity contribution in [1.82, 2.24) is 15.4 Å². The van der Waals surface area contributed by atoms with Gasteiger partial charge < -0.3 is 19.0 Å². The lowest BCUT2D eigenvalue weighted by atomic mass is 10.3. The Morgan fingerprint density at radius 2 is 2.00 bits per heavy atom. The van der Waals surface area contributed by atoms with Crippen molar-refractivity contribution in [3.05, 3.63) is 47.8 Å². The van der Waals surface area contributed by atoms with Crippen LogP contribution in [-0.4, -0.2) is 26.5 Å². The normalized spacial score (nSPS) is 13.2. The Bertz CT molecular complexity index is 912. The Labute approximate surface area is 158 Å². The molecule has 10 heteroatoms. The number of anilines is 1. The number of amides is 1. The van der Waals surface area contributed by atoms with E-state index < -0.39 is 11.4 Å². The zero-order valence-electron chi connectivity index (χ0n) is 14.8. The lowest BCUT2D eigenvalue weighted by Gasteiger charge is -2.10. The largest absolute Gasteiger partial charge is 0.481 e. The van der Waals surface area contributed by atoms with Crippen LogP contribution in [0.2, 0.25) is 0 Å². The van der Waals surface area contributed by atoms with Gasteiger partial charge in [-0.1, -0.05) is 16.9 Å². The van der Waals surface area contributed by atoms with E-state index in [1.54, 1.807) is 26.8 Å². The molecular weight excluding hydrogens is 375 g/mol. The zero-order chi connectivity index (χ0) is 19.4. The number of hydrogen-bond donors (Lipinski definition) is 1. The quantitative estimate of drug-likeness (QED) is 0.606. The number of thioether (sulfide) groups is 1. The predicted octanol–water partition coefficient (Wildman–Crippen LogP) is 3.76. The second-order valence-corrected chi connectivity index (χ2v) is 6.98. The molecule has 0 aliphatic carbocycles. The molecule has 3 aromatic rings. The van der Waals surface area contributed by atoms with Gasteiger partial charge in [0, 0.05) is 6.07 Å². The third kappa shape index (κ3) is 5.07. The summed E-state index contributed by atoms with van der Waals surface area (Å²) < 4.78 is 29.0. The van der Waals surface area contributed by atoms with Crippen molar-refractivity contribution >= 4 is 23.5 Å². The standard InChI is InChI=1S/C17H17FN4O4S/c1-9-8-14(22-26-9)19-15(23)11(3)27-17-21-20-16(25-17)10(2)24-13-6-4-12(18)5-7-13/h4-8,10-11H,1-3H3,(H,19,22,23). The second-order valence-electron chi connectivity index (χ2n) is 5.69. The number of carbonyl (C=O) groups excluding carboxylic acids is 1. The fraction of sp³-hybridized carbons (Fsp3) is 0.294. The molecule has 2 atom stereocenters. The monoisotopic (exact) mass is 392 g/mol. The number of rotatable bonds is 7. The first-order valence-corrected chi connectivity index (χ1v) is 8.95. The summed E-state index contributed by atoms with van der Waals surface area (Å²) in [6.45, 7) is 5.17. The summed E-state index contributed by atoms with van der Waals surface area (Å²) in [6, 6.07) is 7.24. The van der Waals surface area contributed by atoms with Crippen LogP contribution < -0.4 is 10.1 Å². The van der Waals surface area contributed by atoms with E-state index in [-0.39, 0.29) is 22.8 Å². The lowest BCUT2D eigenvalue weighted by Crippen LogP contribution is -2.22. The number of ether oxygens (including phenoxy) is 1. The zero-order valence-corrected chi connectivity index (χ0v) is 15.6. The molecular formula is C17H17FN4O4S. The topological polar surface area (TPSA) is 103 Å². The van der Waals surface area contributed by atoms with Gasteiger partial charge in [-0.2, -0.15) is 0 Å². The van der Waals surface area contributed by atoms with E-state index >= 15 is 0 Å². The number of nitrogens with one attached hydrogen (secondary N) is 1. The highest BCUT2D eigenvalue weighted by molar-refractivity contribution is 8.00. The molecule has 0 bridgehead atoms. The number of aromatic nitrogens is 3. The first kappa shape index (κ1) is 18.9. The summed E-state index contributed by atoms with van der Waals surface area (Å²) in [5.41, 5.74) is 0. The van der Waals surface area contributed by atoms with Crippen molar-refractivity contribution in [2.75, 3.05) is 5.32 Å². The van der Waals surface area contributed by atoms with E-state index in [4.69, 9.17) is 13.7 Å². The summed E-state index contributed by atoms with van der Waals surface area (Å²) in [6.07, 6.45) is -0.528. The molecule has 27 heavy (non-hydrogen) atoms. The average Bonchev–Trinajstić information content (AvgIpc) is 3.26. The van der Waals surface area contributed by atoms with Crippen LogP contribution in [0.5, 0.6) is 5.75 Å². The first-order chi connectivity index (χ1) is 12.9. The number of nitrogens with zero attached hydrogens (tertiary/aromatic N) is 3. The van der Waals surface area contributed by atoms with E-state index in [0.717, 1.165) is 11.8 Å². The van der Waals surface area contributed by atoms with Gasteiger partial charge in [0.1, 0.15) is 17.3 Å². The Morgan fingerprint density at radius 1 is 1.26 bits per heavy atom. The Balaban J connectivity index is 1.56. The maximum absolute atomic E-state index is 12.9. The maximum atomic E-state index is 12.9. The van der Waals surface area contributed by atoms with Crippen LogP contribution in [0.15, 0.2) is 44.5 Å². The number of hydrogen-bond acceptors (Lipinski definition) is 8. The van der Waals surface area contributed by atoms with Crippen molar-refractivity contribution in [3.63, 3.8) is 0 Å². The highest BCUT2D eigenvalue weighted by Crippen LogP contribution is 2.27. The van der Waals surface area contributed by atoms with Crippen molar-refractivity contribution in [3.8, 4) is 5.75 Å². The van der Waals surface area contributed by atoms with Crippen molar-refractivity contribution in [2.45, 2.75) is 37.3 Å². The van der Waals surface area contributed by atoms with E-state index in [9.17, 15) is 9.18 Å². The minimum Gasteiger partial charge on any atom is -0.481 e. The van der Waals surface area contributed by atoms with Crippen LogP contribution in [0.4, 0.5) is 10.2 Å². The molecule has 1 N–H and O–H groups in total. The molecule has 1 amide bonds. The van der Waals surface area contributed by atoms with Crippen molar-refractivity contribution in [1.29, 1.82) is 0 Å². The summed E-state index contributed by atoms with van der Waals surface area (Å²) in [5, 5.41) is 13.9. The van der Waals surface area contributed by atoms with E-state index in [1.165, 1.54) is 24.3 Å². The molecule has 0 saturated heterocycles. The van der Waals surface area contributed by atoms with Gasteiger partial charge >= 0.3 is 0 Å². The summed E-state index contributed by atoms with van der Waals surface area (Å²) >= 11 is 1.11. The van der Waals surface area contributed by atoms with Crippen molar-refractivity contribution < 1.29 is 22.9 Å². The van der Waals surface area contributed by atoms with Gasteiger partial charge in [0.2, 0.25) is 5.91 Å². The first-order valence-electron chi connectivity index (χ1n) is 8.07. The highest BCUT2D eigenvalue weighted by Gasteiger charge is 2.21. The average molecular weight is 392 g/mol. The number of benzene rings is 1. The van der Waals surface area contributed by atoms with Crippen LogP contribution in [0.3, 0.4) is 0 Å². The molecule has 3 rings (SSSR count). The third-order valence-corrected chi connectivity index (χ3v) is 4.36. The SMILES string of the molecule is Cc1cc(NC(=O)C(C)Sc2nnc(C(C)Oc3ccc(F)cc3)o2)no1. The van der Waals surface area contributed by atoms with Gasteiger partial charge in [-0.25, -0.2) is 4.39 Å². The van der Waals surface area contributed by atoms with Gasteiger partial charge in [0.15, 0.2) is 11.9 Å². The van der Waals surface area contributed by atoms with Gasteiger partial charge in [0.05, 0.1) is 5.25 Å². The van der Waals surface area contributed by atoms with Crippen LogP contribution in [-0.2, 0) is 4.79 Å². The summed E-state index contributed by atoms with van der Waals surface area (Å²) in [7, 11) is 0. The minimum absolute atomic E-state index is 0.235. The van der Waals surface area contributed by atoms with E-state index in [0.29, 0.717) is 17.3 Å². The molecule has 142 valence electrons. The highest BCUT2D eigenvalue weighted by atomic mass is 32.2. The lowest BCUT2D eigenvalue weighted by molar-refractivity contribution is -0.115.